The van der Waals surface area contributed by atoms with Gasteiger partial charge in [0.1, 0.15) is 0 Å². The predicted molar refractivity (Wildman–Crippen MR) is 139 cm³/mol. The molecule has 0 unspecified atom stereocenters. The van der Waals surface area contributed by atoms with Crippen LogP contribution >= 0.6 is 11.6 Å². The summed E-state index contributed by atoms with van der Waals surface area (Å²) in [7, 11) is 2.27. The fraction of sp³-hybridized carbons (Fsp3) is 0.667. The summed E-state index contributed by atoms with van der Waals surface area (Å²) in [6, 6.07) is 5.64. The lowest BCUT2D eigenvalue weighted by atomic mass is 10.1. The van der Waals surface area contributed by atoms with Crippen molar-refractivity contribution in [2.45, 2.75) is 90.4 Å². The third-order valence-electron chi connectivity index (χ3n) is 6.30. The molecule has 180 valence electrons. The van der Waals surface area contributed by atoms with E-state index in [2.05, 4.69) is 29.2 Å². The molecule has 0 saturated carbocycles. The van der Waals surface area contributed by atoms with Gasteiger partial charge < -0.3 is 15.2 Å². The Morgan fingerprint density at radius 1 is 0.906 bits per heavy atom. The molecule has 32 heavy (non-hydrogen) atoms. The maximum absolute atomic E-state index is 12.4. The van der Waals surface area contributed by atoms with Crippen molar-refractivity contribution in [2.75, 3.05) is 26.7 Å². The third kappa shape index (κ3) is 9.95. The van der Waals surface area contributed by atoms with Gasteiger partial charge in [-0.3, -0.25) is 4.79 Å². The van der Waals surface area contributed by atoms with Crippen LogP contribution in [0.4, 0.5) is 0 Å². The van der Waals surface area contributed by atoms with Crippen LogP contribution in [0.15, 0.2) is 24.4 Å². The molecule has 0 spiro atoms. The minimum atomic E-state index is -0.0255. The van der Waals surface area contributed by atoms with Crippen molar-refractivity contribution in [2.24, 2.45) is 0 Å². The van der Waals surface area contributed by atoms with Gasteiger partial charge in [0, 0.05) is 18.1 Å². The Bertz CT molecular complexity index is 773. The number of unbranched alkanes of at least 4 members (excludes halogenated alkanes) is 11. The average Bonchev–Trinajstić information content (AvgIpc) is 3.23. The first-order chi connectivity index (χ1) is 15.6. The highest BCUT2D eigenvalue weighted by Crippen LogP contribution is 2.25. The minimum absolute atomic E-state index is 0.0255. The first kappa shape index (κ1) is 26.7. The molecule has 0 radical (unpaired) electrons. The number of H-pyrrole nitrogens is 1. The van der Waals surface area contributed by atoms with Gasteiger partial charge >= 0.3 is 0 Å². The number of carbonyl (C=O) groups is 1. The molecule has 1 heterocycles. The number of para-hydroxylation sites is 1. The molecule has 2 rings (SSSR count). The van der Waals surface area contributed by atoms with Crippen LogP contribution in [0.1, 0.15) is 101 Å². The second-order valence-electron chi connectivity index (χ2n) is 9.17. The van der Waals surface area contributed by atoms with Gasteiger partial charge in [-0.2, -0.15) is 0 Å². The van der Waals surface area contributed by atoms with Crippen molar-refractivity contribution >= 4 is 28.4 Å². The van der Waals surface area contributed by atoms with Crippen molar-refractivity contribution in [3.8, 4) is 0 Å². The summed E-state index contributed by atoms with van der Waals surface area (Å²) < 4.78 is 0. The molecule has 5 heteroatoms. The smallest absolute Gasteiger partial charge is 0.253 e. The Hall–Kier alpha value is -1.52. The van der Waals surface area contributed by atoms with Gasteiger partial charge in [0.15, 0.2) is 0 Å². The van der Waals surface area contributed by atoms with E-state index in [1.54, 1.807) is 6.20 Å². The number of aromatic amines is 1. The van der Waals surface area contributed by atoms with E-state index >= 15 is 0 Å². The number of hydrogen-bond donors (Lipinski definition) is 2. The van der Waals surface area contributed by atoms with Crippen LogP contribution in [0.2, 0.25) is 5.02 Å². The summed E-state index contributed by atoms with van der Waals surface area (Å²) in [5.74, 6) is -0.0255. The highest BCUT2D eigenvalue weighted by molar-refractivity contribution is 6.35. The molecule has 0 aliphatic carbocycles. The van der Waals surface area contributed by atoms with E-state index < -0.39 is 0 Å². The Balaban J connectivity index is 1.42. The summed E-state index contributed by atoms with van der Waals surface area (Å²) in [4.78, 5) is 18.0. The summed E-state index contributed by atoms with van der Waals surface area (Å²) in [6.07, 6.45) is 18.8. The molecule has 1 aromatic carbocycles. The Labute approximate surface area is 200 Å². The van der Waals surface area contributed by atoms with Crippen LogP contribution in [0, 0.1) is 0 Å². The van der Waals surface area contributed by atoms with Crippen molar-refractivity contribution < 1.29 is 4.79 Å². The monoisotopic (exact) mass is 461 g/mol. The molecular formula is C27H44ClN3O. The summed E-state index contributed by atoms with van der Waals surface area (Å²) in [6.45, 7) is 5.48. The van der Waals surface area contributed by atoms with Crippen LogP contribution in [-0.4, -0.2) is 42.5 Å². The second-order valence-corrected chi connectivity index (χ2v) is 9.57. The second kappa shape index (κ2) is 16.1. The van der Waals surface area contributed by atoms with Gasteiger partial charge in [-0.1, -0.05) is 94.9 Å². The Morgan fingerprint density at radius 2 is 1.50 bits per heavy atom. The van der Waals surface area contributed by atoms with E-state index in [0.29, 0.717) is 10.6 Å². The lowest BCUT2D eigenvalue weighted by Crippen LogP contribution is -2.24. The average molecular weight is 462 g/mol. The van der Waals surface area contributed by atoms with Crippen molar-refractivity contribution in [1.29, 1.82) is 0 Å². The van der Waals surface area contributed by atoms with Gasteiger partial charge in [0.2, 0.25) is 0 Å². The third-order valence-corrected chi connectivity index (χ3v) is 6.62. The molecule has 0 aliphatic heterocycles. The maximum atomic E-state index is 12.4. The molecule has 1 amide bonds. The molecular weight excluding hydrogens is 418 g/mol. The first-order valence-corrected chi connectivity index (χ1v) is 13.2. The standard InChI is InChI=1S/C27H44ClN3O/c1-3-4-5-6-8-11-14-20-31(2)21-15-12-9-7-10-13-19-29-27(32)24-22-30-26-23(24)17-16-18-25(26)28/h16-18,22,30H,3-15,19-21H2,1-2H3,(H,29,32). The molecule has 0 saturated heterocycles. The molecule has 0 aliphatic rings. The molecule has 2 aromatic rings. The van der Waals surface area contributed by atoms with Gasteiger partial charge in [-0.25, -0.2) is 0 Å². The molecule has 2 N–H and O–H groups in total. The molecule has 4 nitrogen and oxygen atoms in total. The van der Waals surface area contributed by atoms with E-state index in [9.17, 15) is 4.79 Å². The minimum Gasteiger partial charge on any atom is -0.359 e. The number of hydrogen-bond acceptors (Lipinski definition) is 2. The maximum Gasteiger partial charge on any atom is 0.253 e. The number of fused-ring (bicyclic) bond motifs is 1. The lowest BCUT2D eigenvalue weighted by Gasteiger charge is -2.16. The van der Waals surface area contributed by atoms with Gasteiger partial charge in [0.05, 0.1) is 16.1 Å². The van der Waals surface area contributed by atoms with E-state index in [4.69, 9.17) is 11.6 Å². The molecule has 0 fully saturated rings. The quantitative estimate of drug-likeness (QED) is 0.225. The number of halogens is 1. The topological polar surface area (TPSA) is 48.1 Å². The van der Waals surface area contributed by atoms with E-state index in [1.165, 1.54) is 90.1 Å². The van der Waals surface area contributed by atoms with Crippen molar-refractivity contribution in [3.05, 3.63) is 35.0 Å². The lowest BCUT2D eigenvalue weighted by molar-refractivity contribution is 0.0954. The number of amides is 1. The Kier molecular flexibility index (Phi) is 13.5. The van der Waals surface area contributed by atoms with Crippen LogP contribution in [0.25, 0.3) is 10.9 Å². The largest absolute Gasteiger partial charge is 0.359 e. The number of nitrogens with zero attached hydrogens (tertiary/aromatic N) is 1. The zero-order valence-electron chi connectivity index (χ0n) is 20.4. The summed E-state index contributed by atoms with van der Waals surface area (Å²) in [5.41, 5.74) is 1.50. The normalized spacial score (nSPS) is 11.5. The van der Waals surface area contributed by atoms with Gasteiger partial charge in [-0.15, -0.1) is 0 Å². The number of benzene rings is 1. The van der Waals surface area contributed by atoms with Gasteiger partial charge in [0.25, 0.3) is 5.91 Å². The summed E-state index contributed by atoms with van der Waals surface area (Å²) >= 11 is 6.17. The van der Waals surface area contributed by atoms with Gasteiger partial charge in [-0.05, 0) is 45.5 Å². The number of carbonyl (C=O) groups excluding carboxylic acids is 1. The fourth-order valence-electron chi connectivity index (χ4n) is 4.27. The van der Waals surface area contributed by atoms with Crippen LogP contribution < -0.4 is 5.32 Å². The van der Waals surface area contributed by atoms with Crippen molar-refractivity contribution in [3.63, 3.8) is 0 Å². The SMILES string of the molecule is CCCCCCCCCN(C)CCCCCCCCNC(=O)c1c[nH]c2c(Cl)cccc12. The van der Waals surface area contributed by atoms with E-state index in [-0.39, 0.29) is 5.91 Å². The van der Waals surface area contributed by atoms with Crippen LogP contribution in [0.5, 0.6) is 0 Å². The number of rotatable bonds is 18. The van der Waals surface area contributed by atoms with Crippen LogP contribution in [0.3, 0.4) is 0 Å². The van der Waals surface area contributed by atoms with Crippen LogP contribution in [-0.2, 0) is 0 Å². The molecule has 0 bridgehead atoms. The summed E-state index contributed by atoms with van der Waals surface area (Å²) in [5, 5.41) is 4.57. The van der Waals surface area contributed by atoms with E-state index in [0.717, 1.165) is 23.9 Å². The fourth-order valence-corrected chi connectivity index (χ4v) is 4.50. The van der Waals surface area contributed by atoms with Crippen molar-refractivity contribution in [1.82, 2.24) is 15.2 Å². The van der Waals surface area contributed by atoms with E-state index in [1.807, 2.05) is 18.2 Å². The highest BCUT2D eigenvalue weighted by atomic mass is 35.5. The first-order valence-electron chi connectivity index (χ1n) is 12.9. The zero-order chi connectivity index (χ0) is 23.0. The predicted octanol–water partition coefficient (Wildman–Crippen LogP) is 7.57. The molecule has 0 atom stereocenters. The zero-order valence-corrected chi connectivity index (χ0v) is 21.1. The number of nitrogens with one attached hydrogen (secondary N) is 2. The molecule has 1 aromatic heterocycles. The Morgan fingerprint density at radius 3 is 2.16 bits per heavy atom. The highest BCUT2D eigenvalue weighted by Gasteiger charge is 2.12. The number of aromatic nitrogens is 1.